The van der Waals surface area contributed by atoms with Crippen molar-refractivity contribution >= 4 is 95.8 Å². The van der Waals surface area contributed by atoms with Crippen LogP contribution in [0.15, 0.2) is 53.7 Å². The molecule has 0 bridgehead atoms. The van der Waals surface area contributed by atoms with E-state index in [2.05, 4.69) is 70.6 Å². The molecule has 4 aliphatic heterocycles. The average molecular weight is 1770 g/mol. The Morgan fingerprint density at radius 1 is 0.445 bits per heavy atom. The zero-order chi connectivity index (χ0) is 89.4. The number of methoxy groups -OCH3 is 1. The Balaban J connectivity index is 0.000000198. The molecular formula is C75H126N17O22P3S2. The van der Waals surface area contributed by atoms with Gasteiger partial charge in [-0.2, -0.15) is 0 Å². The summed E-state index contributed by atoms with van der Waals surface area (Å²) in [7, 11) is -2.93. The number of nitrogens with one attached hydrogen (secondary N) is 1. The van der Waals surface area contributed by atoms with E-state index in [-0.39, 0.29) is 46.0 Å². The fourth-order valence-electron chi connectivity index (χ4n) is 13.7. The largest absolute Gasteiger partial charge is 0.473 e. The Morgan fingerprint density at radius 2 is 0.773 bits per heavy atom. The Hall–Kier alpha value is -5.50. The van der Waals surface area contributed by atoms with Crippen LogP contribution in [0, 0.1) is 28.6 Å². The number of hydrogen-bond donors (Lipinski definition) is 10. The number of hydrogen-bond acceptors (Lipinski definition) is 33. The van der Waals surface area contributed by atoms with Gasteiger partial charge < -0.3 is 89.4 Å². The quantitative estimate of drug-likeness (QED) is 0.0223. The zero-order valence-electron chi connectivity index (χ0n) is 72.9. The number of aromatic nitrogens is 14. The monoisotopic (exact) mass is 1770 g/mol. The summed E-state index contributed by atoms with van der Waals surface area (Å²) in [5, 5.41) is 33.1. The van der Waals surface area contributed by atoms with Gasteiger partial charge in [0.25, 0.3) is 5.56 Å². The summed E-state index contributed by atoms with van der Waals surface area (Å²) >= 11 is 10.5. The molecule has 119 heavy (non-hydrogen) atoms. The van der Waals surface area contributed by atoms with E-state index in [0.717, 1.165) is 6.42 Å². The van der Waals surface area contributed by atoms with Gasteiger partial charge in [-0.1, -0.05) is 83.1 Å². The maximum Gasteiger partial charge on any atom is 0.473 e. The lowest BCUT2D eigenvalue weighted by Gasteiger charge is -2.32. The highest BCUT2D eigenvalue weighted by Crippen LogP contribution is 2.56. The summed E-state index contributed by atoms with van der Waals surface area (Å²) in [6.07, 6.45) is -0.575. The second kappa shape index (κ2) is 37.7. The number of ether oxygens (including phenoxy) is 7. The van der Waals surface area contributed by atoms with Crippen LogP contribution in [0.3, 0.4) is 0 Å². The lowest BCUT2D eigenvalue weighted by molar-refractivity contribution is -0.117. The predicted octanol–water partition coefficient (Wildman–Crippen LogP) is 9.84. The third-order valence-electron chi connectivity index (χ3n) is 17.9. The highest BCUT2D eigenvalue weighted by molar-refractivity contribution is 8.07. The number of phosphoric acid groups is 1. The van der Waals surface area contributed by atoms with Gasteiger partial charge in [0.2, 0.25) is 0 Å². The lowest BCUT2D eigenvalue weighted by atomic mass is 9.87. The Labute approximate surface area is 704 Å². The van der Waals surface area contributed by atoms with Crippen LogP contribution in [0.25, 0.3) is 33.5 Å². The normalized spacial score (nSPS) is 27.0. The van der Waals surface area contributed by atoms with Crippen molar-refractivity contribution in [1.29, 1.82) is 0 Å². The predicted molar refractivity (Wildman–Crippen MR) is 451 cm³/mol. The first kappa shape index (κ1) is 98.9. The van der Waals surface area contributed by atoms with Crippen LogP contribution >= 0.6 is 21.3 Å². The SMILES string of the molecule is CC(C)(C)C[C@H]1O[C@@H](n2cnc3c(N)ncnc32)C(O)[C@H]1OC(C)(C)C.CC(C)(C)C[C@H]1O[C@@H](n2cnc3c(N)ncnc32)C(O)[C@H]1OP(=O)(O)OC(C)(C)C.CC(C)(C)C[C@H]1O[C@@H](n2cnc3c(N)ncnc32)C(O)[C@H]1OP(O)(=S)OC(C)(C)C.COCCOC1[C@@H](OP(O)(=S)OC(C)(C)C)[C@@H](CC(C)(C)C)O[C@H]1n1cc(C)c(=O)[nH]c1=O. The minimum atomic E-state index is -4.47. The van der Waals surface area contributed by atoms with Crippen molar-refractivity contribution in [3.63, 3.8) is 0 Å². The number of nitrogens with two attached hydrogens (primary N) is 3. The van der Waals surface area contributed by atoms with E-state index in [1.165, 1.54) is 47.0 Å². The number of aliphatic hydroxyl groups excluding tert-OH is 3. The minimum Gasteiger partial charge on any atom is -0.386 e. The van der Waals surface area contributed by atoms with Crippen LogP contribution in [0.1, 0.15) is 222 Å². The van der Waals surface area contributed by atoms with Crippen LogP contribution < -0.4 is 28.5 Å². The zero-order valence-corrected chi connectivity index (χ0v) is 77.3. The molecule has 0 radical (unpaired) electrons. The van der Waals surface area contributed by atoms with E-state index in [1.807, 2.05) is 83.1 Å². The van der Waals surface area contributed by atoms with Gasteiger partial charge in [-0.05, 0) is 161 Å². The molecule has 11 heterocycles. The number of aryl methyl sites for hydroxylation is 1. The van der Waals surface area contributed by atoms with Gasteiger partial charge in [-0.3, -0.25) is 46.1 Å². The summed E-state index contributed by atoms with van der Waals surface area (Å²) in [4.78, 5) is 95.7. The van der Waals surface area contributed by atoms with Crippen LogP contribution in [0.4, 0.5) is 17.5 Å². The Morgan fingerprint density at radius 3 is 1.12 bits per heavy atom. The first-order valence-electron chi connectivity index (χ1n) is 39.0. The number of imidazole rings is 3. The molecule has 670 valence electrons. The van der Waals surface area contributed by atoms with Gasteiger partial charge >= 0.3 is 26.9 Å². The molecule has 4 fully saturated rings. The summed E-state index contributed by atoms with van der Waals surface area (Å²) in [5.41, 5.74) is 16.2. The summed E-state index contributed by atoms with van der Waals surface area (Å²) in [6.45, 7) is 40.9. The van der Waals surface area contributed by atoms with Gasteiger partial charge in [0.05, 0.1) is 79.0 Å². The lowest BCUT2D eigenvalue weighted by Crippen LogP contribution is -2.41. The maximum atomic E-state index is 12.6. The highest BCUT2D eigenvalue weighted by atomic mass is 32.5. The number of aliphatic hydroxyl groups is 3. The minimum absolute atomic E-state index is 0.0301. The standard InChI is InChI=1S/C21H37N2O8PS.C18H30N5O6P.C18H30N5O5PS.C18H29N5O3/c1-13-12-23(19(25)22-17(13)24)18-16(28-10-9-27-8)15(14(29-18)11-20(2,3)4)30-32(26,33)31-21(5,6)7;1-17(2,3)7-10-13(28-30(25,26)29-18(4,5)6)12(24)16(27-10)23-9-22-11-14(19)20-8-21-15(11)23;1-17(2,3)7-10-13(27-29(25,30)28-18(4,5)6)12(24)16(26-10)23-9-22-11-14(19)20-8-21-15(11)23;1-17(2,3)7-10-13(26-18(4,5)6)12(24)16(25-10)23-9-22-11-14(19)20-8-21-15(11)23/h12,14-16,18H,9-11H2,1-8H3,(H,26,33)(H,22,24,25);8-10,12-13,16,24H,7H2,1-6H3,(H,25,26)(H2,19,20,21);8-10,12-13,16,24H,7H2,1-6H3,(H,25,30)(H2,19,20,21);8-10,12-13,16,24H,7H2,1-6H3,(H2,19,20,21)/t14-,15+,16?,18-,32?;10-,12?,13+,16-;10-,12?,13+,16-,29?;10-,12?,13+,16-/m1111/s1. The van der Waals surface area contributed by atoms with Crippen molar-refractivity contribution in [2.45, 2.75) is 319 Å². The fourth-order valence-corrected chi connectivity index (χ4v) is 19.6. The number of nitrogen functional groups attached to an aromatic ring is 3. The van der Waals surface area contributed by atoms with Gasteiger partial charge in [0, 0.05) is 18.9 Å². The molecule has 4 saturated heterocycles. The summed E-state index contributed by atoms with van der Waals surface area (Å²) < 4.78 is 94.4. The number of anilines is 3. The van der Waals surface area contributed by atoms with Crippen molar-refractivity contribution < 1.29 is 94.9 Å². The molecule has 4 aliphatic rings. The van der Waals surface area contributed by atoms with Gasteiger partial charge in [-0.15, -0.1) is 0 Å². The van der Waals surface area contributed by atoms with Crippen LogP contribution in [-0.4, -0.2) is 214 Å². The van der Waals surface area contributed by atoms with Gasteiger partial charge in [0.1, 0.15) is 84.4 Å². The number of fused-ring (bicyclic) bond motifs is 3. The van der Waals surface area contributed by atoms with Crippen LogP contribution in [0.5, 0.6) is 0 Å². The number of nitrogens with zero attached hydrogens (tertiary/aromatic N) is 13. The first-order chi connectivity index (χ1) is 54.3. The van der Waals surface area contributed by atoms with E-state index in [4.69, 9.17) is 101 Å². The molecular weight excluding hydrogens is 1650 g/mol. The Kier molecular flexibility index (Phi) is 31.4. The summed E-state index contributed by atoms with van der Waals surface area (Å²) in [5.74, 6) is 0.730. The van der Waals surface area contributed by atoms with Crippen LogP contribution in [-0.2, 0) is 88.5 Å². The molecule has 0 amide bonds. The maximum absolute atomic E-state index is 12.6. The molecule has 13 N–H and O–H groups in total. The molecule has 7 aromatic heterocycles. The van der Waals surface area contributed by atoms with Crippen molar-refractivity contribution in [1.82, 2.24) is 68.1 Å². The molecule has 39 nitrogen and oxygen atoms in total. The smallest absolute Gasteiger partial charge is 0.386 e. The van der Waals surface area contributed by atoms with E-state index < -0.39 is 147 Å². The molecule has 0 saturated carbocycles. The number of aromatic amines is 1. The molecule has 44 heteroatoms. The topological polar surface area (TPSA) is 522 Å². The average Bonchev–Trinajstić information content (AvgIpc) is 1.63. The van der Waals surface area contributed by atoms with Gasteiger partial charge in [0.15, 0.2) is 59.3 Å². The molecule has 0 aromatic carbocycles. The number of phosphoric ester groups is 1. The van der Waals surface area contributed by atoms with E-state index in [0.29, 0.717) is 70.7 Å². The molecule has 0 aliphatic carbocycles. The third-order valence-corrected chi connectivity index (χ3v) is 22.7. The van der Waals surface area contributed by atoms with E-state index in [1.54, 1.807) is 91.8 Å². The fraction of sp³-hybridized carbons (Fsp3) is 0.747. The first-order valence-corrected chi connectivity index (χ1v) is 45.7. The second-order valence-corrected chi connectivity index (χ2v) is 45.5. The van der Waals surface area contributed by atoms with Crippen molar-refractivity contribution in [3.8, 4) is 0 Å². The molecule has 19 atom stereocenters. The van der Waals surface area contributed by atoms with Crippen molar-refractivity contribution in [3.05, 3.63) is 70.6 Å². The Bertz CT molecular complexity index is 4690. The third kappa shape index (κ3) is 27.7. The van der Waals surface area contributed by atoms with Crippen molar-refractivity contribution in [2.75, 3.05) is 37.5 Å². The van der Waals surface area contributed by atoms with E-state index >= 15 is 0 Å². The molecule has 0 spiro atoms. The molecule has 11 rings (SSSR count). The highest BCUT2D eigenvalue weighted by Gasteiger charge is 2.55. The van der Waals surface area contributed by atoms with E-state index in [9.17, 15) is 44.2 Å². The number of H-pyrrole nitrogens is 1. The molecule has 7 aromatic rings. The van der Waals surface area contributed by atoms with Gasteiger partial charge in [-0.25, -0.2) is 54.2 Å². The summed E-state index contributed by atoms with van der Waals surface area (Å²) in [6, 6.07) is 0. The second-order valence-electron chi connectivity index (χ2n) is 38.8. The van der Waals surface area contributed by atoms with Crippen LogP contribution in [0.2, 0.25) is 0 Å². The number of rotatable bonds is 22. The van der Waals surface area contributed by atoms with Crippen molar-refractivity contribution in [2.24, 2.45) is 21.7 Å². The molecule has 7 unspecified atom stereocenters.